The van der Waals surface area contributed by atoms with Gasteiger partial charge in [0.05, 0.1) is 0 Å². The number of benzene rings is 1. The molecule has 0 amide bonds. The Morgan fingerprint density at radius 2 is 1.78 bits per heavy atom. The summed E-state index contributed by atoms with van der Waals surface area (Å²) in [6, 6.07) is 8.83. The summed E-state index contributed by atoms with van der Waals surface area (Å²) < 4.78 is 5.77. The maximum absolute atomic E-state index is 5.77. The molecule has 0 heterocycles. The Labute approximate surface area is 112 Å². The summed E-state index contributed by atoms with van der Waals surface area (Å²) >= 11 is 0. The van der Waals surface area contributed by atoms with Crippen LogP contribution in [0.2, 0.25) is 0 Å². The molecule has 0 saturated carbocycles. The summed E-state index contributed by atoms with van der Waals surface area (Å²) in [7, 11) is 0. The second-order valence-corrected chi connectivity index (χ2v) is 5.94. The Balaban J connectivity index is 2.44. The van der Waals surface area contributed by atoms with E-state index in [4.69, 9.17) is 4.74 Å². The van der Waals surface area contributed by atoms with Crippen molar-refractivity contribution in [2.24, 2.45) is 0 Å². The highest BCUT2D eigenvalue weighted by atomic mass is 16.5. The molecule has 18 heavy (non-hydrogen) atoms. The van der Waals surface area contributed by atoms with Crippen molar-refractivity contribution in [1.29, 1.82) is 0 Å². The van der Waals surface area contributed by atoms with Crippen molar-refractivity contribution in [3.63, 3.8) is 0 Å². The van der Waals surface area contributed by atoms with Gasteiger partial charge in [0.15, 0.2) is 0 Å². The number of hydrogen-bond donors (Lipinski definition) is 1. The molecule has 0 radical (unpaired) electrons. The smallest absolute Gasteiger partial charge is 0.119 e. The predicted octanol–water partition coefficient (Wildman–Crippen LogP) is 3.75. The molecule has 1 rings (SSSR count). The van der Waals surface area contributed by atoms with Gasteiger partial charge in [-0.25, -0.2) is 0 Å². The third kappa shape index (κ3) is 5.09. The molecule has 2 heteroatoms. The van der Waals surface area contributed by atoms with Crippen molar-refractivity contribution >= 4 is 0 Å². The second-order valence-electron chi connectivity index (χ2n) is 5.94. The van der Waals surface area contributed by atoms with Crippen molar-refractivity contribution in [2.75, 3.05) is 13.2 Å². The molecule has 0 fully saturated rings. The minimum Gasteiger partial charge on any atom is -0.492 e. The molecule has 2 nitrogen and oxygen atoms in total. The van der Waals surface area contributed by atoms with Gasteiger partial charge < -0.3 is 10.1 Å². The Kier molecular flexibility index (Phi) is 5.67. The van der Waals surface area contributed by atoms with Gasteiger partial charge in [-0.05, 0) is 43.0 Å². The van der Waals surface area contributed by atoms with E-state index in [0.29, 0.717) is 6.04 Å². The van der Waals surface area contributed by atoms with Crippen LogP contribution in [-0.2, 0) is 5.41 Å². The first kappa shape index (κ1) is 15.0. The summed E-state index contributed by atoms with van der Waals surface area (Å²) in [5.41, 5.74) is 1.54. The van der Waals surface area contributed by atoms with Gasteiger partial charge in [0, 0.05) is 6.04 Å². The van der Waals surface area contributed by atoms with Gasteiger partial charge in [0.2, 0.25) is 0 Å². The van der Waals surface area contributed by atoms with Crippen LogP contribution in [-0.4, -0.2) is 19.2 Å². The number of hydrogen-bond acceptors (Lipinski definition) is 2. The van der Waals surface area contributed by atoms with Crippen molar-refractivity contribution < 1.29 is 4.74 Å². The van der Waals surface area contributed by atoms with E-state index in [2.05, 4.69) is 64.2 Å². The average Bonchev–Trinajstić information content (AvgIpc) is 2.33. The summed E-state index contributed by atoms with van der Waals surface area (Å²) in [4.78, 5) is 0. The van der Waals surface area contributed by atoms with E-state index in [-0.39, 0.29) is 5.41 Å². The van der Waals surface area contributed by atoms with Crippen LogP contribution in [0, 0.1) is 0 Å². The van der Waals surface area contributed by atoms with Gasteiger partial charge in [-0.15, -0.1) is 0 Å². The minimum absolute atomic E-state index is 0.203. The largest absolute Gasteiger partial charge is 0.492 e. The van der Waals surface area contributed by atoms with Crippen LogP contribution in [0.1, 0.15) is 46.6 Å². The van der Waals surface area contributed by atoms with E-state index < -0.39 is 0 Å². The van der Waals surface area contributed by atoms with Gasteiger partial charge in [-0.1, -0.05) is 39.8 Å². The predicted molar refractivity (Wildman–Crippen MR) is 78.4 cm³/mol. The fourth-order valence-corrected chi connectivity index (χ4v) is 1.72. The lowest BCUT2D eigenvalue weighted by Crippen LogP contribution is -2.32. The van der Waals surface area contributed by atoms with E-state index in [1.807, 2.05) is 0 Å². The van der Waals surface area contributed by atoms with E-state index >= 15 is 0 Å². The molecule has 0 aliphatic heterocycles. The highest BCUT2D eigenvalue weighted by Gasteiger charge is 2.13. The van der Waals surface area contributed by atoms with E-state index in [1.165, 1.54) is 5.56 Å². The highest BCUT2D eigenvalue weighted by Crippen LogP contribution is 2.24. The van der Waals surface area contributed by atoms with E-state index in [1.54, 1.807) is 0 Å². The summed E-state index contributed by atoms with van der Waals surface area (Å²) in [6.07, 6.45) is 1.16. The molecule has 1 unspecified atom stereocenters. The second kappa shape index (κ2) is 6.79. The van der Waals surface area contributed by atoms with Crippen LogP contribution >= 0.6 is 0 Å². The molecule has 0 aromatic heterocycles. The van der Waals surface area contributed by atoms with Gasteiger partial charge in [0.25, 0.3) is 0 Å². The lowest BCUT2D eigenvalue weighted by Gasteiger charge is -2.19. The Morgan fingerprint density at radius 3 is 2.28 bits per heavy atom. The number of nitrogens with one attached hydrogen (secondary N) is 1. The Hall–Kier alpha value is -1.02. The molecule has 1 atom stereocenters. The minimum atomic E-state index is 0.203. The molecular formula is C16H27NO. The topological polar surface area (TPSA) is 21.3 Å². The van der Waals surface area contributed by atoms with Crippen LogP contribution in [0.15, 0.2) is 24.3 Å². The van der Waals surface area contributed by atoms with Crippen molar-refractivity contribution in [3.05, 3.63) is 29.8 Å². The van der Waals surface area contributed by atoms with E-state index in [9.17, 15) is 0 Å². The van der Waals surface area contributed by atoms with Crippen LogP contribution in [0.25, 0.3) is 0 Å². The van der Waals surface area contributed by atoms with Crippen molar-refractivity contribution in [1.82, 2.24) is 5.32 Å². The van der Waals surface area contributed by atoms with Crippen molar-refractivity contribution in [3.8, 4) is 5.75 Å². The molecular weight excluding hydrogens is 222 g/mol. The third-order valence-electron chi connectivity index (χ3n) is 2.96. The normalized spacial score (nSPS) is 13.4. The number of rotatable bonds is 6. The zero-order chi connectivity index (χ0) is 13.6. The highest BCUT2D eigenvalue weighted by molar-refractivity contribution is 5.31. The lowest BCUT2D eigenvalue weighted by atomic mass is 9.87. The Bertz CT molecular complexity index is 337. The van der Waals surface area contributed by atoms with Crippen LogP contribution in [0.5, 0.6) is 5.75 Å². The molecule has 0 saturated heterocycles. The monoisotopic (exact) mass is 249 g/mol. The van der Waals surface area contributed by atoms with Crippen molar-refractivity contribution in [2.45, 2.75) is 52.5 Å². The average molecular weight is 249 g/mol. The summed E-state index contributed by atoms with van der Waals surface area (Å²) in [6.45, 7) is 12.8. The first-order chi connectivity index (χ1) is 8.43. The fraction of sp³-hybridized carbons (Fsp3) is 0.625. The standard InChI is InChI=1S/C16H27NO/c1-6-11-17-13(2)12-18-15-9-7-14(8-10-15)16(3,4)5/h7-10,13,17H,6,11-12H2,1-5H3. The SMILES string of the molecule is CCCNC(C)COc1ccc(C(C)(C)C)cc1. The molecule has 0 spiro atoms. The molecule has 0 bridgehead atoms. The maximum atomic E-state index is 5.77. The molecule has 1 N–H and O–H groups in total. The summed E-state index contributed by atoms with van der Waals surface area (Å²) in [5, 5.41) is 3.41. The van der Waals surface area contributed by atoms with E-state index in [0.717, 1.165) is 25.3 Å². The van der Waals surface area contributed by atoms with Gasteiger partial charge in [-0.2, -0.15) is 0 Å². The van der Waals surface area contributed by atoms with Crippen LogP contribution < -0.4 is 10.1 Å². The maximum Gasteiger partial charge on any atom is 0.119 e. The van der Waals surface area contributed by atoms with Crippen LogP contribution in [0.4, 0.5) is 0 Å². The van der Waals surface area contributed by atoms with Crippen LogP contribution in [0.3, 0.4) is 0 Å². The Morgan fingerprint density at radius 1 is 1.17 bits per heavy atom. The first-order valence-corrected chi connectivity index (χ1v) is 6.90. The molecule has 1 aromatic rings. The molecule has 1 aromatic carbocycles. The third-order valence-corrected chi connectivity index (χ3v) is 2.96. The fourth-order valence-electron chi connectivity index (χ4n) is 1.72. The quantitative estimate of drug-likeness (QED) is 0.829. The molecule has 102 valence electrons. The van der Waals surface area contributed by atoms with Gasteiger partial charge in [-0.3, -0.25) is 0 Å². The zero-order valence-electron chi connectivity index (χ0n) is 12.4. The lowest BCUT2D eigenvalue weighted by molar-refractivity contribution is 0.273. The molecule has 0 aliphatic rings. The number of ether oxygens (including phenoxy) is 1. The van der Waals surface area contributed by atoms with Gasteiger partial charge >= 0.3 is 0 Å². The zero-order valence-corrected chi connectivity index (χ0v) is 12.4. The van der Waals surface area contributed by atoms with Gasteiger partial charge in [0.1, 0.15) is 12.4 Å². The first-order valence-electron chi connectivity index (χ1n) is 6.90. The molecule has 0 aliphatic carbocycles. The summed E-state index contributed by atoms with van der Waals surface area (Å²) in [5.74, 6) is 0.952.